The van der Waals surface area contributed by atoms with E-state index in [1.807, 2.05) is 6.20 Å². The van der Waals surface area contributed by atoms with Gasteiger partial charge in [-0.25, -0.2) is 9.97 Å². The van der Waals surface area contributed by atoms with Crippen LogP contribution in [0.1, 0.15) is 37.9 Å². The second kappa shape index (κ2) is 6.75. The highest BCUT2D eigenvalue weighted by atomic mass is 15.0. The number of para-hydroxylation sites is 1. The Balaban J connectivity index is 1.79. The first kappa shape index (κ1) is 18.2. The number of nitrogens with two attached hydrogens (primary N) is 1. The van der Waals surface area contributed by atoms with E-state index in [2.05, 4.69) is 84.9 Å². The molecule has 1 unspecified atom stereocenters. The third-order valence-corrected chi connectivity index (χ3v) is 5.19. The van der Waals surface area contributed by atoms with Crippen LogP contribution in [0.15, 0.2) is 61.2 Å². The van der Waals surface area contributed by atoms with E-state index in [4.69, 9.17) is 10.7 Å². The third kappa shape index (κ3) is 3.24. The van der Waals surface area contributed by atoms with E-state index in [0.29, 0.717) is 0 Å². The number of fused-ring (bicyclic) bond motifs is 1. The Kier molecular flexibility index (Phi) is 4.38. The van der Waals surface area contributed by atoms with Gasteiger partial charge in [0.05, 0.1) is 0 Å². The first-order valence-corrected chi connectivity index (χ1v) is 9.42. The fraction of sp³-hybridized carbons (Fsp3) is 0.261. The number of rotatable bonds is 3. The first-order valence-electron chi connectivity index (χ1n) is 9.42. The zero-order chi connectivity index (χ0) is 19.9. The maximum absolute atomic E-state index is 5.59. The summed E-state index contributed by atoms with van der Waals surface area (Å²) in [5.41, 5.74) is 11.1. The molecule has 4 aromatic rings. The van der Waals surface area contributed by atoms with Gasteiger partial charge in [0.1, 0.15) is 0 Å². The molecule has 3 aromatic heterocycles. The molecular weight excluding hydrogens is 346 g/mol. The number of anilines is 1. The van der Waals surface area contributed by atoms with Gasteiger partial charge in [-0.2, -0.15) is 0 Å². The van der Waals surface area contributed by atoms with Crippen LogP contribution in [0.3, 0.4) is 0 Å². The lowest BCUT2D eigenvalue weighted by Gasteiger charge is -2.30. The summed E-state index contributed by atoms with van der Waals surface area (Å²) in [6.45, 7) is 6.80. The smallest absolute Gasteiger partial charge is 0.219 e. The molecule has 0 spiro atoms. The van der Waals surface area contributed by atoms with Gasteiger partial charge in [0.15, 0.2) is 0 Å². The molecule has 28 heavy (non-hydrogen) atoms. The van der Waals surface area contributed by atoms with Crippen LogP contribution in [0.25, 0.3) is 22.0 Å². The number of hydrogen-bond donors (Lipinski definition) is 1. The van der Waals surface area contributed by atoms with Gasteiger partial charge in [0.2, 0.25) is 5.95 Å². The van der Waals surface area contributed by atoms with Crippen molar-refractivity contribution in [3.63, 3.8) is 0 Å². The van der Waals surface area contributed by atoms with Gasteiger partial charge in [-0.3, -0.25) is 4.98 Å². The molecule has 1 aromatic carbocycles. The molecule has 0 aliphatic heterocycles. The highest BCUT2D eigenvalue weighted by molar-refractivity contribution is 5.85. The van der Waals surface area contributed by atoms with E-state index >= 15 is 0 Å². The van der Waals surface area contributed by atoms with E-state index in [0.717, 1.165) is 16.8 Å². The van der Waals surface area contributed by atoms with Gasteiger partial charge in [-0.05, 0) is 23.1 Å². The van der Waals surface area contributed by atoms with Crippen LogP contribution < -0.4 is 5.73 Å². The second-order valence-electron chi connectivity index (χ2n) is 8.31. The molecule has 0 aliphatic carbocycles. The second-order valence-corrected chi connectivity index (χ2v) is 8.31. The summed E-state index contributed by atoms with van der Waals surface area (Å²) in [5, 5.41) is 1.28. The Bertz CT molecular complexity index is 1100. The van der Waals surface area contributed by atoms with Crippen LogP contribution >= 0.6 is 0 Å². The van der Waals surface area contributed by atoms with Gasteiger partial charge in [0, 0.05) is 65.5 Å². The summed E-state index contributed by atoms with van der Waals surface area (Å²) in [7, 11) is 2.10. The average Bonchev–Trinajstić information content (AvgIpc) is 2.99. The fourth-order valence-electron chi connectivity index (χ4n) is 3.91. The van der Waals surface area contributed by atoms with Crippen molar-refractivity contribution in [2.75, 3.05) is 5.73 Å². The molecule has 5 heteroatoms. The summed E-state index contributed by atoms with van der Waals surface area (Å²) in [4.78, 5) is 13.0. The standard InChI is InChI=1S/C23H25N5/c1-23(2,3)21(18-14-28(4)20-8-6-5-7-17(18)20)19-10-9-15(11-25-19)16-12-26-22(24)27-13-16/h5-14,21H,1-4H3,(H2,24,26,27). The van der Waals surface area contributed by atoms with Gasteiger partial charge in [-0.15, -0.1) is 0 Å². The maximum atomic E-state index is 5.59. The zero-order valence-corrected chi connectivity index (χ0v) is 16.7. The van der Waals surface area contributed by atoms with Crippen molar-refractivity contribution in [3.8, 4) is 11.1 Å². The van der Waals surface area contributed by atoms with Crippen LogP contribution in [0.4, 0.5) is 5.95 Å². The lowest BCUT2D eigenvalue weighted by Crippen LogP contribution is -2.20. The Morgan fingerprint density at radius 3 is 2.21 bits per heavy atom. The number of benzene rings is 1. The van der Waals surface area contributed by atoms with Crippen molar-refractivity contribution in [2.45, 2.75) is 26.7 Å². The normalized spacial score (nSPS) is 13.0. The maximum Gasteiger partial charge on any atom is 0.219 e. The van der Waals surface area contributed by atoms with Crippen LogP contribution in [0, 0.1) is 5.41 Å². The molecule has 1 atom stereocenters. The fourth-order valence-corrected chi connectivity index (χ4v) is 3.91. The van der Waals surface area contributed by atoms with Crippen molar-refractivity contribution in [1.29, 1.82) is 0 Å². The summed E-state index contributed by atoms with van der Waals surface area (Å²) >= 11 is 0. The van der Waals surface area contributed by atoms with Gasteiger partial charge in [0.25, 0.3) is 0 Å². The number of nitrogens with zero attached hydrogens (tertiary/aromatic N) is 4. The van der Waals surface area contributed by atoms with Crippen molar-refractivity contribution in [3.05, 3.63) is 72.4 Å². The molecule has 2 N–H and O–H groups in total. The Morgan fingerprint density at radius 1 is 0.893 bits per heavy atom. The molecule has 0 radical (unpaired) electrons. The quantitative estimate of drug-likeness (QED) is 0.562. The monoisotopic (exact) mass is 371 g/mol. The lowest BCUT2D eigenvalue weighted by molar-refractivity contribution is 0.354. The molecule has 0 saturated carbocycles. The number of aryl methyl sites for hydroxylation is 1. The van der Waals surface area contributed by atoms with E-state index in [-0.39, 0.29) is 17.3 Å². The molecular formula is C23H25N5. The molecule has 3 heterocycles. The minimum absolute atomic E-state index is 0.0168. The van der Waals surface area contributed by atoms with Crippen molar-refractivity contribution in [2.24, 2.45) is 12.5 Å². The Morgan fingerprint density at radius 2 is 1.57 bits per heavy atom. The predicted molar refractivity (Wildman–Crippen MR) is 114 cm³/mol. The zero-order valence-electron chi connectivity index (χ0n) is 16.7. The van der Waals surface area contributed by atoms with Crippen LogP contribution in [-0.2, 0) is 7.05 Å². The number of pyridine rings is 1. The Labute approximate surface area is 165 Å². The summed E-state index contributed by atoms with van der Waals surface area (Å²) in [6.07, 6.45) is 7.59. The molecule has 4 rings (SSSR count). The van der Waals surface area contributed by atoms with Crippen molar-refractivity contribution < 1.29 is 0 Å². The highest BCUT2D eigenvalue weighted by Gasteiger charge is 2.31. The number of nitrogen functional groups attached to an aromatic ring is 1. The highest BCUT2D eigenvalue weighted by Crippen LogP contribution is 2.43. The number of hydrogen-bond acceptors (Lipinski definition) is 4. The topological polar surface area (TPSA) is 69.6 Å². The van der Waals surface area contributed by atoms with Crippen LogP contribution in [0.5, 0.6) is 0 Å². The van der Waals surface area contributed by atoms with Crippen molar-refractivity contribution >= 4 is 16.9 Å². The lowest BCUT2D eigenvalue weighted by atomic mass is 9.74. The minimum atomic E-state index is 0.0168. The largest absolute Gasteiger partial charge is 0.368 e. The first-order chi connectivity index (χ1) is 13.3. The van der Waals surface area contributed by atoms with E-state index < -0.39 is 0 Å². The summed E-state index contributed by atoms with van der Waals surface area (Å²) in [5.74, 6) is 0.451. The summed E-state index contributed by atoms with van der Waals surface area (Å²) < 4.78 is 2.20. The van der Waals surface area contributed by atoms with Crippen LogP contribution in [0.2, 0.25) is 0 Å². The van der Waals surface area contributed by atoms with Gasteiger partial charge in [-0.1, -0.05) is 45.0 Å². The van der Waals surface area contributed by atoms with E-state index in [1.165, 1.54) is 16.5 Å². The molecule has 0 fully saturated rings. The average molecular weight is 371 g/mol. The molecule has 142 valence electrons. The third-order valence-electron chi connectivity index (χ3n) is 5.19. The van der Waals surface area contributed by atoms with E-state index in [1.54, 1.807) is 12.4 Å². The molecule has 0 amide bonds. The molecule has 5 nitrogen and oxygen atoms in total. The summed E-state index contributed by atoms with van der Waals surface area (Å²) in [6, 6.07) is 12.7. The van der Waals surface area contributed by atoms with Crippen LogP contribution in [-0.4, -0.2) is 19.5 Å². The molecule has 0 aliphatic rings. The predicted octanol–water partition coefficient (Wildman–Crippen LogP) is 4.79. The minimum Gasteiger partial charge on any atom is -0.368 e. The SMILES string of the molecule is Cn1cc(C(c2ccc(-c3cnc(N)nc3)cn2)C(C)(C)C)c2ccccc21. The molecule has 0 saturated heterocycles. The van der Waals surface area contributed by atoms with E-state index in [9.17, 15) is 0 Å². The Hall–Kier alpha value is -3.21. The number of aromatic nitrogens is 4. The van der Waals surface area contributed by atoms with Gasteiger partial charge >= 0.3 is 0 Å². The molecule has 0 bridgehead atoms. The van der Waals surface area contributed by atoms with Crippen molar-refractivity contribution in [1.82, 2.24) is 19.5 Å². The van der Waals surface area contributed by atoms with Gasteiger partial charge < -0.3 is 10.3 Å².